The fourth-order valence-electron chi connectivity index (χ4n) is 3.00. The van der Waals surface area contributed by atoms with Gasteiger partial charge < -0.3 is 14.4 Å². The first kappa shape index (κ1) is 20.9. The Morgan fingerprint density at radius 1 is 1.31 bits per heavy atom. The predicted molar refractivity (Wildman–Crippen MR) is 112 cm³/mol. The van der Waals surface area contributed by atoms with Gasteiger partial charge in [-0.15, -0.1) is 0 Å². The van der Waals surface area contributed by atoms with Gasteiger partial charge in [-0.1, -0.05) is 13.0 Å². The van der Waals surface area contributed by atoms with Gasteiger partial charge in [0.05, 0.1) is 12.6 Å². The normalized spacial score (nSPS) is 16.2. The van der Waals surface area contributed by atoms with Crippen molar-refractivity contribution in [1.29, 1.82) is 5.41 Å². The average molecular weight is 379 g/mol. The minimum atomic E-state index is 0.152. The third kappa shape index (κ3) is 6.11. The van der Waals surface area contributed by atoms with Crippen molar-refractivity contribution in [2.75, 3.05) is 33.4 Å². The zero-order valence-electron chi connectivity index (χ0n) is 16.4. The Morgan fingerprint density at radius 3 is 2.65 bits per heavy atom. The molecule has 1 aromatic rings. The van der Waals surface area contributed by atoms with Crippen molar-refractivity contribution in [2.45, 2.75) is 40.0 Å². The van der Waals surface area contributed by atoms with Crippen LogP contribution in [0.5, 0.6) is 5.75 Å². The Morgan fingerprint density at radius 2 is 2.00 bits per heavy atom. The molecule has 1 fully saturated rings. The Kier molecular flexibility index (Phi) is 8.13. The molecule has 1 aliphatic rings. The number of ether oxygens (including phenoxy) is 2. The molecule has 0 spiro atoms. The Balaban J connectivity index is 2.02. The molecule has 0 saturated carbocycles. The van der Waals surface area contributed by atoms with E-state index >= 15 is 0 Å². The van der Waals surface area contributed by atoms with Crippen LogP contribution in [0.15, 0.2) is 17.1 Å². The number of hydrogen-bond acceptors (Lipinski definition) is 4. The van der Waals surface area contributed by atoms with Crippen LogP contribution in [0.2, 0.25) is 0 Å². The van der Waals surface area contributed by atoms with E-state index in [0.29, 0.717) is 24.3 Å². The molecule has 0 radical (unpaired) electrons. The van der Waals surface area contributed by atoms with E-state index in [0.717, 1.165) is 43.7 Å². The summed E-state index contributed by atoms with van der Waals surface area (Å²) in [5.41, 5.74) is 3.64. The van der Waals surface area contributed by atoms with Crippen molar-refractivity contribution in [3.63, 3.8) is 0 Å². The lowest BCUT2D eigenvalue weighted by Crippen LogP contribution is -2.23. The van der Waals surface area contributed by atoms with Crippen LogP contribution in [0.3, 0.4) is 0 Å². The lowest BCUT2D eigenvalue weighted by atomic mass is 9.99. The average Bonchev–Trinajstić information content (AvgIpc) is 2.63. The van der Waals surface area contributed by atoms with Crippen molar-refractivity contribution in [1.82, 2.24) is 4.90 Å². The predicted octanol–water partition coefficient (Wildman–Crippen LogP) is 2.95. The number of aliphatic imine (C=N–C) groups is 1. The molecule has 0 aliphatic carbocycles. The minimum Gasteiger partial charge on any atom is -0.402 e. The maximum atomic E-state index is 8.16. The van der Waals surface area contributed by atoms with Crippen LogP contribution >= 0.6 is 0 Å². The van der Waals surface area contributed by atoms with E-state index in [-0.39, 0.29) is 5.92 Å². The zero-order chi connectivity index (χ0) is 19.1. The minimum absolute atomic E-state index is 0.152. The molecule has 144 valence electrons. The molecular formula is C20H32N3O2S+. The molecule has 0 unspecified atom stereocenters. The highest BCUT2D eigenvalue weighted by molar-refractivity contribution is 7.77. The fourth-order valence-corrected chi connectivity index (χ4v) is 3.23. The van der Waals surface area contributed by atoms with Crippen molar-refractivity contribution in [3.8, 4) is 5.75 Å². The van der Waals surface area contributed by atoms with Crippen molar-refractivity contribution < 1.29 is 9.47 Å². The van der Waals surface area contributed by atoms with Gasteiger partial charge in [0.2, 0.25) is 0 Å². The van der Waals surface area contributed by atoms with Gasteiger partial charge in [-0.2, -0.15) is 4.99 Å². The second kappa shape index (κ2) is 10.1. The van der Waals surface area contributed by atoms with Crippen LogP contribution in [0.1, 0.15) is 36.5 Å². The van der Waals surface area contributed by atoms with Gasteiger partial charge in [0.25, 0.3) is 0 Å². The van der Waals surface area contributed by atoms with E-state index in [1.54, 1.807) is 0 Å². The molecule has 26 heavy (non-hydrogen) atoms. The molecule has 1 N–H and O–H groups in total. The molecule has 1 saturated heterocycles. The van der Waals surface area contributed by atoms with Gasteiger partial charge in [0, 0.05) is 25.7 Å². The van der Waals surface area contributed by atoms with Crippen LogP contribution in [0.25, 0.3) is 0 Å². The van der Waals surface area contributed by atoms with Gasteiger partial charge in [0.15, 0.2) is 0 Å². The molecule has 1 heterocycles. The molecule has 0 atom stereocenters. The smallest absolute Gasteiger partial charge is 0.402 e. The van der Waals surface area contributed by atoms with Crippen LogP contribution in [-0.4, -0.2) is 49.3 Å². The maximum absolute atomic E-state index is 8.16. The zero-order valence-corrected chi connectivity index (χ0v) is 17.4. The number of rotatable bonds is 6. The highest BCUT2D eigenvalue weighted by Gasteiger charge is 2.20. The molecule has 1 aliphatic heterocycles. The quantitative estimate of drug-likeness (QED) is 0.470. The third-order valence-electron chi connectivity index (χ3n) is 4.97. The van der Waals surface area contributed by atoms with Gasteiger partial charge in [-0.3, -0.25) is 5.41 Å². The Labute approximate surface area is 162 Å². The summed E-state index contributed by atoms with van der Waals surface area (Å²) < 4.78 is 11.2. The number of nitrogens with one attached hydrogen (secondary N) is 1. The van der Waals surface area contributed by atoms with Gasteiger partial charge in [-0.05, 0) is 69.5 Å². The first-order chi connectivity index (χ1) is 12.4. The third-order valence-corrected chi connectivity index (χ3v) is 5.19. The largest absolute Gasteiger partial charge is 0.414 e. The van der Waals surface area contributed by atoms with Crippen LogP contribution < -0.4 is 4.74 Å². The lowest BCUT2D eigenvalue weighted by molar-refractivity contribution is 0.0824. The lowest BCUT2D eigenvalue weighted by Gasteiger charge is -2.20. The number of likely N-dealkylation sites (N-methyl/N-ethyl adjacent to an activating group) is 1. The monoisotopic (exact) mass is 378 g/mol. The number of hydrogen-bond donors (Lipinski definition) is 1. The standard InChI is InChI=1S/C20H31N3O2S/c1-5-23(4)9-6-17-12-15(3)18(13-14(17)2)25-20(26)22-19(21)16-7-10-24-11-8-16/h12-13,16H,5-11H2,1-4H3,(H2,21,22,26)/p+1. The molecule has 5 nitrogen and oxygen atoms in total. The number of aryl methyl sites for hydroxylation is 2. The summed E-state index contributed by atoms with van der Waals surface area (Å²) in [5.74, 6) is 1.29. The van der Waals surface area contributed by atoms with E-state index < -0.39 is 0 Å². The summed E-state index contributed by atoms with van der Waals surface area (Å²) in [4.78, 5) is 6.60. The topological polar surface area (TPSA) is 57.9 Å². The summed E-state index contributed by atoms with van der Waals surface area (Å²) in [6, 6.07) is 4.25. The summed E-state index contributed by atoms with van der Waals surface area (Å²) in [5, 5.41) is 8.50. The van der Waals surface area contributed by atoms with Gasteiger partial charge >= 0.3 is 5.23 Å². The van der Waals surface area contributed by atoms with E-state index in [1.807, 2.05) is 6.92 Å². The highest BCUT2D eigenvalue weighted by atomic mass is 32.1. The van der Waals surface area contributed by atoms with Gasteiger partial charge in [-0.25, -0.2) is 0 Å². The molecule has 6 heteroatoms. The van der Waals surface area contributed by atoms with Gasteiger partial charge in [0.1, 0.15) is 11.6 Å². The Bertz CT molecular complexity index is 655. The first-order valence-corrected chi connectivity index (χ1v) is 9.83. The number of nitrogens with zero attached hydrogens (tertiary/aromatic N) is 2. The van der Waals surface area contributed by atoms with E-state index in [4.69, 9.17) is 14.9 Å². The second-order valence-corrected chi connectivity index (χ2v) is 7.41. The SMILES string of the molecule is CCN(C)CCc1cc(C)c(OC([SH2+])=NC(=N)C2CCOCC2)cc1C. The van der Waals surface area contributed by atoms with Crippen molar-refractivity contribution >= 4 is 23.7 Å². The van der Waals surface area contributed by atoms with Crippen LogP contribution in [0, 0.1) is 25.2 Å². The van der Waals surface area contributed by atoms with E-state index in [9.17, 15) is 0 Å². The number of benzene rings is 1. The van der Waals surface area contributed by atoms with E-state index in [2.05, 4.69) is 55.5 Å². The van der Waals surface area contributed by atoms with Crippen LogP contribution in [0.4, 0.5) is 0 Å². The fraction of sp³-hybridized carbons (Fsp3) is 0.600. The summed E-state index contributed by atoms with van der Waals surface area (Å²) >= 11 is 3.42. The van der Waals surface area contributed by atoms with Crippen molar-refractivity contribution in [2.24, 2.45) is 10.9 Å². The molecule has 0 aromatic heterocycles. The molecule has 0 amide bonds. The second-order valence-electron chi connectivity index (χ2n) is 6.98. The molecule has 0 bridgehead atoms. The number of amidine groups is 1. The first-order valence-electron chi connectivity index (χ1n) is 9.33. The van der Waals surface area contributed by atoms with Crippen LogP contribution in [-0.2, 0) is 23.8 Å². The summed E-state index contributed by atoms with van der Waals surface area (Å²) in [6.07, 6.45) is 2.72. The molecular weight excluding hydrogens is 346 g/mol. The highest BCUT2D eigenvalue weighted by Crippen LogP contribution is 2.24. The summed E-state index contributed by atoms with van der Waals surface area (Å²) in [6.45, 7) is 9.84. The Hall–Kier alpha value is -1.37. The summed E-state index contributed by atoms with van der Waals surface area (Å²) in [7, 11) is 2.14. The molecule has 2 rings (SSSR count). The maximum Gasteiger partial charge on any atom is 0.414 e. The van der Waals surface area contributed by atoms with Crippen molar-refractivity contribution in [3.05, 3.63) is 28.8 Å². The van der Waals surface area contributed by atoms with E-state index in [1.165, 1.54) is 11.1 Å². The molecule has 1 aromatic carbocycles.